The molecule has 0 radical (unpaired) electrons. The van der Waals surface area contributed by atoms with E-state index in [4.69, 9.17) is 15.0 Å². The maximum atomic E-state index is 9.52. The maximum absolute atomic E-state index is 9.52. The Balaban J connectivity index is 1.49. The van der Waals surface area contributed by atoms with Crippen molar-refractivity contribution < 1.29 is 0 Å². The van der Waals surface area contributed by atoms with Crippen molar-refractivity contribution in [1.29, 1.82) is 5.26 Å². The van der Waals surface area contributed by atoms with Crippen LogP contribution in [0.1, 0.15) is 5.56 Å². The average Bonchev–Trinajstić information content (AvgIpc) is 3.08. The minimum atomic E-state index is 0.521. The molecule has 1 heterocycles. The Bertz CT molecular complexity index is 2090. The van der Waals surface area contributed by atoms with E-state index in [0.717, 1.165) is 38.9 Å². The first-order valence-electron chi connectivity index (χ1n) is 13.8. The lowest BCUT2D eigenvalue weighted by Crippen LogP contribution is -2.00. The van der Waals surface area contributed by atoms with Gasteiger partial charge in [0, 0.05) is 16.7 Å². The largest absolute Gasteiger partial charge is 0.208 e. The first-order chi connectivity index (χ1) is 20.7. The quantitative estimate of drug-likeness (QED) is 0.220. The second kappa shape index (κ2) is 10.9. The Morgan fingerprint density at radius 3 is 1.71 bits per heavy atom. The van der Waals surface area contributed by atoms with Gasteiger partial charge in [0.05, 0.1) is 11.6 Å². The van der Waals surface area contributed by atoms with Crippen LogP contribution in [-0.2, 0) is 0 Å². The van der Waals surface area contributed by atoms with Gasteiger partial charge in [0.2, 0.25) is 0 Å². The van der Waals surface area contributed by atoms with Gasteiger partial charge in [-0.1, -0.05) is 115 Å². The van der Waals surface area contributed by atoms with Crippen molar-refractivity contribution in [3.05, 3.63) is 151 Å². The summed E-state index contributed by atoms with van der Waals surface area (Å²) in [6, 6.07) is 51.3. The lowest BCUT2D eigenvalue weighted by Gasteiger charge is -2.13. The summed E-state index contributed by atoms with van der Waals surface area (Å²) in [5, 5.41) is 11.9. The predicted octanol–water partition coefficient (Wildman–Crippen LogP) is 9.23. The van der Waals surface area contributed by atoms with Gasteiger partial charge in [-0.2, -0.15) is 5.26 Å². The van der Waals surface area contributed by atoms with Crippen LogP contribution in [0.2, 0.25) is 0 Å². The van der Waals surface area contributed by atoms with E-state index in [-0.39, 0.29) is 0 Å². The van der Waals surface area contributed by atoms with E-state index < -0.39 is 0 Å². The van der Waals surface area contributed by atoms with Crippen molar-refractivity contribution in [2.75, 3.05) is 0 Å². The molecule has 1 aromatic heterocycles. The summed E-state index contributed by atoms with van der Waals surface area (Å²) in [4.78, 5) is 14.8. The lowest BCUT2D eigenvalue weighted by molar-refractivity contribution is 1.07. The third-order valence-corrected chi connectivity index (χ3v) is 7.32. The number of nitriles is 1. The van der Waals surface area contributed by atoms with Crippen LogP contribution in [0.3, 0.4) is 0 Å². The fourth-order valence-electron chi connectivity index (χ4n) is 5.26. The van der Waals surface area contributed by atoms with Crippen LogP contribution in [-0.4, -0.2) is 15.0 Å². The van der Waals surface area contributed by atoms with E-state index in [2.05, 4.69) is 91.0 Å². The van der Waals surface area contributed by atoms with E-state index in [9.17, 15) is 5.26 Å². The molecule has 7 aromatic rings. The zero-order valence-corrected chi connectivity index (χ0v) is 22.6. The minimum Gasteiger partial charge on any atom is -0.208 e. The van der Waals surface area contributed by atoms with Gasteiger partial charge in [-0.25, -0.2) is 15.0 Å². The zero-order valence-electron chi connectivity index (χ0n) is 22.6. The van der Waals surface area contributed by atoms with Gasteiger partial charge in [-0.3, -0.25) is 0 Å². The molecule has 0 atom stereocenters. The molecule has 7 rings (SSSR count). The van der Waals surface area contributed by atoms with E-state index in [1.54, 1.807) is 6.07 Å². The fourth-order valence-corrected chi connectivity index (χ4v) is 5.26. The summed E-state index contributed by atoms with van der Waals surface area (Å²) < 4.78 is 0. The molecule has 0 saturated heterocycles. The van der Waals surface area contributed by atoms with Gasteiger partial charge in [-0.05, 0) is 63.4 Å². The summed E-state index contributed by atoms with van der Waals surface area (Å²) in [6.07, 6.45) is 0. The molecule has 42 heavy (non-hydrogen) atoms. The van der Waals surface area contributed by atoms with E-state index in [1.807, 2.05) is 54.6 Å². The molecular weight excluding hydrogens is 512 g/mol. The summed E-state index contributed by atoms with van der Waals surface area (Å²) in [5.74, 6) is 1.67. The molecule has 0 aliphatic rings. The Morgan fingerprint density at radius 1 is 0.405 bits per heavy atom. The molecule has 0 unspecified atom stereocenters. The molecule has 0 bridgehead atoms. The molecule has 0 saturated carbocycles. The molecule has 0 aliphatic heterocycles. The van der Waals surface area contributed by atoms with Gasteiger partial charge in [0.1, 0.15) is 0 Å². The highest BCUT2D eigenvalue weighted by atomic mass is 15.0. The van der Waals surface area contributed by atoms with Gasteiger partial charge < -0.3 is 0 Å². The number of benzene rings is 6. The van der Waals surface area contributed by atoms with Gasteiger partial charge in [0.25, 0.3) is 0 Å². The van der Waals surface area contributed by atoms with E-state index in [0.29, 0.717) is 23.0 Å². The highest BCUT2D eigenvalue weighted by molar-refractivity contribution is 5.98. The third kappa shape index (κ3) is 4.92. The van der Waals surface area contributed by atoms with Crippen LogP contribution in [0.4, 0.5) is 0 Å². The molecule has 0 amide bonds. The Morgan fingerprint density at radius 2 is 0.952 bits per heavy atom. The fraction of sp³-hybridized carbons (Fsp3) is 0. The smallest absolute Gasteiger partial charge is 0.164 e. The monoisotopic (exact) mass is 536 g/mol. The average molecular weight is 537 g/mol. The minimum absolute atomic E-state index is 0.521. The molecular formula is C38H24N4. The number of nitrogens with zero attached hydrogens (tertiary/aromatic N) is 4. The van der Waals surface area contributed by atoms with Gasteiger partial charge >= 0.3 is 0 Å². The second-order valence-corrected chi connectivity index (χ2v) is 10.1. The molecule has 196 valence electrons. The SMILES string of the molecule is N#Cc1cccc(-c2nc(-c3ccccc3)nc(-c3cc(-c4ccccc4)cc(-c4cccc5ccccc45)c3)n2)c1. The topological polar surface area (TPSA) is 62.5 Å². The van der Waals surface area contributed by atoms with Crippen molar-refractivity contribution in [2.24, 2.45) is 0 Å². The Labute approximate surface area is 244 Å². The summed E-state index contributed by atoms with van der Waals surface area (Å²) in [6.45, 7) is 0. The second-order valence-electron chi connectivity index (χ2n) is 10.1. The first-order valence-corrected chi connectivity index (χ1v) is 13.8. The van der Waals surface area contributed by atoms with E-state index >= 15 is 0 Å². The summed E-state index contributed by atoms with van der Waals surface area (Å²) in [7, 11) is 0. The van der Waals surface area contributed by atoms with Crippen molar-refractivity contribution >= 4 is 10.8 Å². The summed E-state index contributed by atoms with van der Waals surface area (Å²) >= 11 is 0. The highest BCUT2D eigenvalue weighted by Gasteiger charge is 2.15. The molecule has 0 fully saturated rings. The Kier molecular flexibility index (Phi) is 6.52. The van der Waals surface area contributed by atoms with Gasteiger partial charge in [-0.15, -0.1) is 0 Å². The molecule has 4 nitrogen and oxygen atoms in total. The molecule has 4 heteroatoms. The maximum Gasteiger partial charge on any atom is 0.164 e. The molecule has 0 N–H and O–H groups in total. The van der Waals surface area contributed by atoms with Crippen molar-refractivity contribution in [2.45, 2.75) is 0 Å². The normalized spacial score (nSPS) is 10.8. The van der Waals surface area contributed by atoms with Crippen molar-refractivity contribution in [1.82, 2.24) is 15.0 Å². The predicted molar refractivity (Wildman–Crippen MR) is 169 cm³/mol. The van der Waals surface area contributed by atoms with Gasteiger partial charge in [0.15, 0.2) is 17.5 Å². The number of rotatable bonds is 5. The number of hydrogen-bond donors (Lipinski definition) is 0. The van der Waals surface area contributed by atoms with Crippen LogP contribution in [0, 0.1) is 11.3 Å². The number of hydrogen-bond acceptors (Lipinski definition) is 4. The number of aromatic nitrogens is 3. The van der Waals surface area contributed by atoms with Crippen LogP contribution >= 0.6 is 0 Å². The standard InChI is InChI=1S/C38H24N4/c39-25-26-11-9-18-30(21-26)37-40-36(29-15-5-2-6-16-29)41-38(42-37)33-23-31(27-12-3-1-4-13-27)22-32(24-33)35-20-10-17-28-14-7-8-19-34(28)35/h1-24H. The summed E-state index contributed by atoms with van der Waals surface area (Å²) in [5.41, 5.74) is 7.52. The third-order valence-electron chi connectivity index (χ3n) is 7.32. The first kappa shape index (κ1) is 25.1. The van der Waals surface area contributed by atoms with Crippen LogP contribution in [0.25, 0.3) is 67.2 Å². The lowest BCUT2D eigenvalue weighted by atomic mass is 9.93. The van der Waals surface area contributed by atoms with Crippen LogP contribution in [0.5, 0.6) is 0 Å². The molecule has 0 spiro atoms. The highest BCUT2D eigenvalue weighted by Crippen LogP contribution is 2.36. The zero-order chi connectivity index (χ0) is 28.3. The number of fused-ring (bicyclic) bond motifs is 1. The van der Waals surface area contributed by atoms with Crippen LogP contribution < -0.4 is 0 Å². The van der Waals surface area contributed by atoms with Crippen molar-refractivity contribution in [3.8, 4) is 62.5 Å². The van der Waals surface area contributed by atoms with E-state index in [1.165, 1.54) is 10.8 Å². The molecule has 6 aromatic carbocycles. The van der Waals surface area contributed by atoms with Crippen LogP contribution in [0.15, 0.2) is 146 Å². The Hall–Kier alpha value is -5.92. The molecule has 0 aliphatic carbocycles. The van der Waals surface area contributed by atoms with Crippen molar-refractivity contribution in [3.63, 3.8) is 0 Å².